The highest BCUT2D eigenvalue weighted by atomic mass is 35.5. The van der Waals surface area contributed by atoms with Gasteiger partial charge in [0.15, 0.2) is 0 Å². The highest BCUT2D eigenvalue weighted by molar-refractivity contribution is 6.34. The Bertz CT molecular complexity index is 1030. The molecule has 3 aromatic rings. The Morgan fingerprint density at radius 1 is 1.20 bits per heavy atom. The van der Waals surface area contributed by atoms with Crippen LogP contribution in [0.15, 0.2) is 42.6 Å². The number of aromatic nitrogens is 3. The number of alkyl halides is 3. The van der Waals surface area contributed by atoms with E-state index in [0.717, 1.165) is 17.7 Å². The van der Waals surface area contributed by atoms with Gasteiger partial charge in [0.1, 0.15) is 11.4 Å². The maximum atomic E-state index is 12.6. The van der Waals surface area contributed by atoms with Gasteiger partial charge in [-0.1, -0.05) is 30.7 Å². The molecule has 3 rings (SSSR count). The molecule has 0 aliphatic heterocycles. The van der Waals surface area contributed by atoms with Crippen LogP contribution in [0, 0.1) is 0 Å². The molecule has 10 heteroatoms. The van der Waals surface area contributed by atoms with Crippen LogP contribution in [0.2, 0.25) is 5.02 Å². The predicted octanol–water partition coefficient (Wildman–Crippen LogP) is 4.77. The molecule has 0 radical (unpaired) electrons. The molecule has 1 aromatic carbocycles. The van der Waals surface area contributed by atoms with E-state index in [9.17, 15) is 18.0 Å². The number of pyridine rings is 1. The largest absolute Gasteiger partial charge is 0.439 e. The Labute approximate surface area is 175 Å². The van der Waals surface area contributed by atoms with Crippen molar-refractivity contribution in [2.75, 3.05) is 0 Å². The van der Waals surface area contributed by atoms with Crippen molar-refractivity contribution in [1.82, 2.24) is 20.1 Å². The minimum absolute atomic E-state index is 0.0432. The summed E-state index contributed by atoms with van der Waals surface area (Å²) in [6.07, 6.45) is -3.11. The fourth-order valence-electron chi connectivity index (χ4n) is 2.70. The van der Waals surface area contributed by atoms with E-state index in [1.54, 1.807) is 31.3 Å². The maximum absolute atomic E-state index is 12.6. The molecule has 0 saturated carbocycles. The number of halogens is 4. The van der Waals surface area contributed by atoms with Crippen molar-refractivity contribution < 1.29 is 22.7 Å². The van der Waals surface area contributed by atoms with Crippen molar-refractivity contribution in [3.63, 3.8) is 0 Å². The van der Waals surface area contributed by atoms with Crippen LogP contribution >= 0.6 is 11.6 Å². The average molecular weight is 439 g/mol. The van der Waals surface area contributed by atoms with Gasteiger partial charge in [-0.25, -0.2) is 4.98 Å². The van der Waals surface area contributed by atoms with E-state index in [1.807, 2.05) is 6.92 Å². The third-order valence-corrected chi connectivity index (χ3v) is 4.67. The van der Waals surface area contributed by atoms with E-state index in [1.165, 1.54) is 4.68 Å². The average Bonchev–Trinajstić information content (AvgIpc) is 3.00. The lowest BCUT2D eigenvalue weighted by Crippen LogP contribution is -2.25. The molecular weight excluding hydrogens is 421 g/mol. The third-order valence-electron chi connectivity index (χ3n) is 4.27. The lowest BCUT2D eigenvalue weighted by Gasteiger charge is -2.09. The number of ether oxygens (including phenoxy) is 1. The number of nitrogens with one attached hydrogen (secondary N) is 1. The number of benzene rings is 1. The van der Waals surface area contributed by atoms with E-state index in [-0.39, 0.29) is 18.3 Å². The van der Waals surface area contributed by atoms with Crippen molar-refractivity contribution in [2.45, 2.75) is 26.1 Å². The summed E-state index contributed by atoms with van der Waals surface area (Å²) >= 11 is 6.21. The fourth-order valence-corrected chi connectivity index (χ4v) is 3.08. The molecule has 1 N–H and O–H groups in total. The molecule has 0 spiro atoms. The summed E-state index contributed by atoms with van der Waals surface area (Å²) < 4.78 is 44.6. The molecule has 6 nitrogen and oxygen atoms in total. The van der Waals surface area contributed by atoms with Crippen LogP contribution in [-0.2, 0) is 26.2 Å². The topological polar surface area (TPSA) is 69.0 Å². The quantitative estimate of drug-likeness (QED) is 0.601. The molecule has 2 heterocycles. The Kier molecular flexibility index (Phi) is 6.31. The zero-order valence-electron chi connectivity index (χ0n) is 16.1. The van der Waals surface area contributed by atoms with Crippen LogP contribution in [0.5, 0.6) is 11.6 Å². The minimum Gasteiger partial charge on any atom is -0.439 e. The van der Waals surface area contributed by atoms with E-state index >= 15 is 0 Å². The van der Waals surface area contributed by atoms with Crippen molar-refractivity contribution in [3.05, 3.63) is 70.1 Å². The second-order valence-electron chi connectivity index (χ2n) is 6.40. The second kappa shape index (κ2) is 8.74. The summed E-state index contributed by atoms with van der Waals surface area (Å²) in [5, 5.41) is 7.33. The normalized spacial score (nSPS) is 11.4. The number of hydrogen-bond donors (Lipinski definition) is 1. The fraction of sp³-hybridized carbons (Fsp3) is 0.250. The summed E-state index contributed by atoms with van der Waals surface area (Å²) in [7, 11) is 1.65. The third kappa shape index (κ3) is 4.91. The van der Waals surface area contributed by atoms with Crippen LogP contribution in [0.3, 0.4) is 0 Å². The number of carbonyl (C=O) groups excluding carboxylic acids is 1. The van der Waals surface area contributed by atoms with Gasteiger partial charge in [-0.15, -0.1) is 0 Å². The number of nitrogens with zero attached hydrogens (tertiary/aromatic N) is 3. The predicted molar refractivity (Wildman–Crippen MR) is 105 cm³/mol. The number of hydrogen-bond acceptors (Lipinski definition) is 4. The van der Waals surface area contributed by atoms with Gasteiger partial charge in [-0.3, -0.25) is 9.48 Å². The first-order chi connectivity index (χ1) is 14.2. The number of amides is 1. The lowest BCUT2D eigenvalue weighted by atomic mass is 10.2. The first-order valence-corrected chi connectivity index (χ1v) is 9.36. The zero-order chi connectivity index (χ0) is 21.9. The molecule has 0 fully saturated rings. The van der Waals surface area contributed by atoms with Crippen molar-refractivity contribution in [2.24, 2.45) is 7.05 Å². The SMILES string of the molecule is CCc1nn(C)c(C(=O)NCc2ccc(Oc3ccc(C(F)(F)F)cn3)cc2)c1Cl. The summed E-state index contributed by atoms with van der Waals surface area (Å²) in [6, 6.07) is 8.77. The molecule has 0 bridgehead atoms. The number of aryl methyl sites for hydroxylation is 2. The van der Waals surface area contributed by atoms with Gasteiger partial charge < -0.3 is 10.1 Å². The van der Waals surface area contributed by atoms with Crippen LogP contribution in [-0.4, -0.2) is 20.7 Å². The Morgan fingerprint density at radius 3 is 2.43 bits per heavy atom. The van der Waals surface area contributed by atoms with Crippen LogP contribution in [0.4, 0.5) is 13.2 Å². The molecular formula is C20H18ClF3N4O2. The molecule has 158 valence electrons. The molecule has 1 amide bonds. The zero-order valence-corrected chi connectivity index (χ0v) is 16.9. The van der Waals surface area contributed by atoms with Crippen LogP contribution in [0.25, 0.3) is 0 Å². The van der Waals surface area contributed by atoms with Gasteiger partial charge in [-0.2, -0.15) is 18.3 Å². The highest BCUT2D eigenvalue weighted by Gasteiger charge is 2.30. The molecule has 30 heavy (non-hydrogen) atoms. The van der Waals surface area contributed by atoms with Crippen LogP contribution < -0.4 is 10.1 Å². The smallest absolute Gasteiger partial charge is 0.417 e. The summed E-state index contributed by atoms with van der Waals surface area (Å²) in [5.74, 6) is 0.102. The van der Waals surface area contributed by atoms with Gasteiger partial charge in [0, 0.05) is 25.9 Å². The van der Waals surface area contributed by atoms with Crippen molar-refractivity contribution >= 4 is 17.5 Å². The highest BCUT2D eigenvalue weighted by Crippen LogP contribution is 2.30. The molecule has 0 unspecified atom stereocenters. The molecule has 0 saturated heterocycles. The molecule has 0 atom stereocenters. The van der Waals surface area contributed by atoms with E-state index in [4.69, 9.17) is 16.3 Å². The molecule has 0 aliphatic rings. The van der Waals surface area contributed by atoms with E-state index in [0.29, 0.717) is 34.8 Å². The van der Waals surface area contributed by atoms with Gasteiger partial charge in [-0.05, 0) is 30.2 Å². The van der Waals surface area contributed by atoms with Gasteiger partial charge in [0.05, 0.1) is 16.3 Å². The number of carbonyl (C=O) groups is 1. The Morgan fingerprint density at radius 2 is 1.90 bits per heavy atom. The Hall–Kier alpha value is -3.07. The summed E-state index contributed by atoms with van der Waals surface area (Å²) in [5.41, 5.74) is 0.898. The minimum atomic E-state index is -4.45. The van der Waals surface area contributed by atoms with Crippen molar-refractivity contribution in [1.29, 1.82) is 0 Å². The molecule has 2 aromatic heterocycles. The summed E-state index contributed by atoms with van der Waals surface area (Å²) in [6.45, 7) is 2.15. The monoisotopic (exact) mass is 438 g/mol. The van der Waals surface area contributed by atoms with Gasteiger partial charge in [0.2, 0.25) is 5.88 Å². The first-order valence-electron chi connectivity index (χ1n) is 8.98. The standard InChI is InChI=1S/C20H18ClF3N4O2/c1-3-15-17(21)18(28(2)27-15)19(29)26-10-12-4-7-14(8-5-12)30-16-9-6-13(11-25-16)20(22,23)24/h4-9,11H,3,10H2,1-2H3,(H,26,29). The van der Waals surface area contributed by atoms with E-state index < -0.39 is 11.7 Å². The van der Waals surface area contributed by atoms with Gasteiger partial charge >= 0.3 is 6.18 Å². The maximum Gasteiger partial charge on any atom is 0.417 e. The first kappa shape index (κ1) is 21.6. The van der Waals surface area contributed by atoms with Gasteiger partial charge in [0.25, 0.3) is 5.91 Å². The van der Waals surface area contributed by atoms with E-state index in [2.05, 4.69) is 15.4 Å². The van der Waals surface area contributed by atoms with Crippen LogP contribution in [0.1, 0.15) is 34.2 Å². The lowest BCUT2D eigenvalue weighted by molar-refractivity contribution is -0.137. The molecule has 0 aliphatic carbocycles. The van der Waals surface area contributed by atoms with Crippen molar-refractivity contribution in [3.8, 4) is 11.6 Å². The second-order valence-corrected chi connectivity index (χ2v) is 6.78. The Balaban J connectivity index is 1.60. The summed E-state index contributed by atoms with van der Waals surface area (Å²) in [4.78, 5) is 16.1. The number of rotatable bonds is 6.